The third-order valence-corrected chi connectivity index (χ3v) is 15.2. The van der Waals surface area contributed by atoms with Crippen molar-refractivity contribution in [1.29, 1.82) is 0 Å². The molecule has 6 nitrogen and oxygen atoms in total. The van der Waals surface area contributed by atoms with Gasteiger partial charge >= 0.3 is 0 Å². The summed E-state index contributed by atoms with van der Waals surface area (Å²) in [6.45, 7) is 15.6. The van der Waals surface area contributed by atoms with Crippen molar-refractivity contribution in [3.63, 3.8) is 0 Å². The number of fused-ring (bicyclic) bond motifs is 4. The van der Waals surface area contributed by atoms with Crippen molar-refractivity contribution in [3.05, 3.63) is 273 Å². The number of ether oxygens (including phenoxy) is 2. The maximum Gasteiger partial charge on any atom is 0.143 e. The van der Waals surface area contributed by atoms with Crippen LogP contribution in [-0.4, -0.2) is 9.55 Å². The average molecular weight is 1230 g/mol. The first-order valence-corrected chi connectivity index (χ1v) is 27.3. The molecule has 2 aromatic heterocycles. The van der Waals surface area contributed by atoms with Gasteiger partial charge < -0.3 is 23.8 Å². The van der Waals surface area contributed by atoms with Crippen LogP contribution in [0.2, 0.25) is 0 Å². The summed E-state index contributed by atoms with van der Waals surface area (Å²) in [4.78, 5) is 9.52. The molecule has 0 spiro atoms. The van der Waals surface area contributed by atoms with E-state index in [1.165, 1.54) is 11.1 Å². The fraction of sp³-hybridized carbons (Fsp3) is 0.108. The van der Waals surface area contributed by atoms with Crippen LogP contribution >= 0.6 is 0 Å². The van der Waals surface area contributed by atoms with E-state index in [2.05, 4.69) is 281 Å². The van der Waals surface area contributed by atoms with E-state index in [1.54, 1.807) is 0 Å². The second-order valence-electron chi connectivity index (χ2n) is 22.5. The normalized spacial score (nSPS) is 12.4. The molecule has 1 aliphatic heterocycles. The first-order chi connectivity index (χ1) is 38.9. The molecule has 0 aliphatic carbocycles. The van der Waals surface area contributed by atoms with Gasteiger partial charge in [0.2, 0.25) is 0 Å². The molecule has 81 heavy (non-hydrogen) atoms. The predicted octanol–water partition coefficient (Wildman–Crippen LogP) is 20.0. The molecule has 0 atom stereocenters. The minimum atomic E-state index is 0. The quantitative estimate of drug-likeness (QED) is 0.121. The first-order valence-electron chi connectivity index (χ1n) is 27.3. The third-order valence-electron chi connectivity index (χ3n) is 15.2. The van der Waals surface area contributed by atoms with Gasteiger partial charge in [0.1, 0.15) is 17.3 Å². The van der Waals surface area contributed by atoms with Crippen molar-refractivity contribution in [3.8, 4) is 73.3 Å². The maximum absolute atomic E-state index is 7.17. The van der Waals surface area contributed by atoms with Crippen molar-refractivity contribution in [2.75, 3.05) is 9.80 Å². The van der Waals surface area contributed by atoms with Gasteiger partial charge in [-0.25, -0.2) is 4.98 Å². The summed E-state index contributed by atoms with van der Waals surface area (Å²) in [5.41, 5.74) is 17.1. The Kier molecular flexibility index (Phi) is 14.1. The minimum absolute atomic E-state index is 0. The summed E-state index contributed by atoms with van der Waals surface area (Å²) < 4.78 is 16.1. The van der Waals surface area contributed by atoms with Gasteiger partial charge in [0, 0.05) is 89.7 Å². The van der Waals surface area contributed by atoms with Crippen molar-refractivity contribution in [1.82, 2.24) is 9.55 Å². The fourth-order valence-electron chi connectivity index (χ4n) is 11.0. The zero-order chi connectivity index (χ0) is 54.5. The zero-order valence-corrected chi connectivity index (χ0v) is 48.4. The predicted molar refractivity (Wildman–Crippen MR) is 330 cm³/mol. The second-order valence-corrected chi connectivity index (χ2v) is 22.5. The molecule has 0 fully saturated rings. The Morgan fingerprint density at radius 2 is 0.951 bits per heavy atom. The van der Waals surface area contributed by atoms with Gasteiger partial charge in [-0.15, -0.1) is 48.1 Å². The van der Waals surface area contributed by atoms with Crippen LogP contribution in [0, 0.1) is 18.8 Å². The number of hydrogen-bond donors (Lipinski definition) is 0. The summed E-state index contributed by atoms with van der Waals surface area (Å²) >= 11 is 0. The molecule has 400 valence electrons. The van der Waals surface area contributed by atoms with E-state index >= 15 is 0 Å². The molecule has 0 saturated heterocycles. The smallest absolute Gasteiger partial charge is 0.143 e. The van der Waals surface area contributed by atoms with E-state index < -0.39 is 0 Å². The number of anilines is 4. The summed E-state index contributed by atoms with van der Waals surface area (Å²) in [6.07, 6.45) is 1.82. The van der Waals surface area contributed by atoms with E-state index in [0.717, 1.165) is 94.8 Å². The van der Waals surface area contributed by atoms with Crippen LogP contribution in [0.3, 0.4) is 0 Å². The molecule has 13 rings (SSSR count). The largest absolute Gasteiger partial charge is 0.509 e. The van der Waals surface area contributed by atoms with Gasteiger partial charge in [0.25, 0.3) is 0 Å². The molecule has 3 heterocycles. The van der Waals surface area contributed by atoms with E-state index in [4.69, 9.17) is 14.5 Å². The molecule has 1 aliphatic rings. The van der Waals surface area contributed by atoms with Gasteiger partial charge in [-0.3, -0.25) is 0 Å². The Morgan fingerprint density at radius 1 is 0.432 bits per heavy atom. The standard InChI is InChI=1S/C74H59N4O2.Pt/c1-73(2,3)54-38-34-52(35-39-54)62-29-19-30-63(53-36-40-55(41-37-53)74(4,5)6)72(62)80-59-44-45-75-70(48-59)78-66-31-14-13-26-64(66)65-43-42-58(47-69(65)78)79-57-25-17-24-56(46-57)76-49-77(68-33-16-15-32-67(68)76)71-60(50-20-9-7-10-21-50)27-18-28-61(71)51-22-11-8-12-23-51;/h7-45,48-49H,1-6H3;/q-3;. The summed E-state index contributed by atoms with van der Waals surface area (Å²) in [5.74, 6) is 3.23. The van der Waals surface area contributed by atoms with Gasteiger partial charge in [-0.1, -0.05) is 223 Å². The number of aromatic nitrogens is 2. The SMILES string of the molecule is CC(C)(C)c1ccc(-c2cccc(-c3ccc(C(C)(C)C)cc3)c2Oc2ccnc(-n3c4[c-]c(Oc5[c-]c(N6[CH-]N(c7c(-c8ccccc8)cccc7-c7ccccc7)c7ccccc76)ccc5)ccc4c4ccccc43)c2)cc1.[Pt]. The van der Waals surface area contributed by atoms with Crippen molar-refractivity contribution < 1.29 is 30.5 Å². The number of nitrogens with zero attached hydrogens (tertiary/aromatic N) is 4. The van der Waals surface area contributed by atoms with Crippen LogP contribution in [0.1, 0.15) is 52.7 Å². The Morgan fingerprint density at radius 3 is 1.56 bits per heavy atom. The molecule has 0 amide bonds. The molecule has 0 N–H and O–H groups in total. The molecular weight excluding hydrogens is 1170 g/mol. The number of pyridine rings is 1. The van der Waals surface area contributed by atoms with Crippen LogP contribution in [0.25, 0.3) is 72.1 Å². The molecule has 7 heteroatoms. The van der Waals surface area contributed by atoms with E-state index in [9.17, 15) is 0 Å². The van der Waals surface area contributed by atoms with E-state index in [1.807, 2.05) is 36.5 Å². The number of hydrogen-bond acceptors (Lipinski definition) is 5. The Bertz CT molecular complexity index is 4100. The molecule has 0 saturated carbocycles. The molecule has 0 unspecified atom stereocenters. The van der Waals surface area contributed by atoms with Gasteiger partial charge in [0.05, 0.1) is 0 Å². The number of benzene rings is 10. The molecular formula is C74H59N4O2Pt-3. The van der Waals surface area contributed by atoms with Gasteiger partial charge in [-0.2, -0.15) is 12.1 Å². The maximum atomic E-state index is 7.17. The Balaban J connectivity index is 0.00000651. The van der Waals surface area contributed by atoms with Crippen LogP contribution in [-0.2, 0) is 31.9 Å². The summed E-state index contributed by atoms with van der Waals surface area (Å²) in [5, 5.41) is 2.10. The van der Waals surface area contributed by atoms with E-state index in [0.29, 0.717) is 23.1 Å². The van der Waals surface area contributed by atoms with Crippen molar-refractivity contribution >= 4 is 44.6 Å². The van der Waals surface area contributed by atoms with Gasteiger partial charge in [0.15, 0.2) is 0 Å². The van der Waals surface area contributed by atoms with Gasteiger partial charge in [-0.05, 0) is 73.9 Å². The third kappa shape index (κ3) is 10.2. The Hall–Kier alpha value is -8.96. The van der Waals surface area contributed by atoms with Crippen LogP contribution < -0.4 is 19.3 Å². The van der Waals surface area contributed by atoms with Crippen LogP contribution in [0.15, 0.2) is 243 Å². The summed E-state index contributed by atoms with van der Waals surface area (Å²) in [6, 6.07) is 90.3. The molecule has 0 bridgehead atoms. The molecule has 10 aromatic carbocycles. The fourth-order valence-corrected chi connectivity index (χ4v) is 11.0. The number of para-hydroxylation sites is 5. The molecule has 0 radical (unpaired) electrons. The average Bonchev–Trinajstić information content (AvgIpc) is 4.13. The van der Waals surface area contributed by atoms with E-state index in [-0.39, 0.29) is 31.9 Å². The second kappa shape index (κ2) is 21.6. The minimum Gasteiger partial charge on any atom is -0.509 e. The van der Waals surface area contributed by atoms with Crippen LogP contribution in [0.5, 0.6) is 23.0 Å². The van der Waals surface area contributed by atoms with Crippen LogP contribution in [0.4, 0.5) is 22.7 Å². The monoisotopic (exact) mass is 1230 g/mol. The number of rotatable bonds is 11. The Labute approximate surface area is 489 Å². The van der Waals surface area contributed by atoms with Crippen molar-refractivity contribution in [2.45, 2.75) is 52.4 Å². The molecule has 12 aromatic rings. The summed E-state index contributed by atoms with van der Waals surface area (Å²) in [7, 11) is 0. The zero-order valence-electron chi connectivity index (χ0n) is 46.1. The van der Waals surface area contributed by atoms with Crippen molar-refractivity contribution in [2.24, 2.45) is 0 Å². The first kappa shape index (κ1) is 52.7. The topological polar surface area (TPSA) is 42.8 Å².